The summed E-state index contributed by atoms with van der Waals surface area (Å²) in [4.78, 5) is -0.0944. The molecular weight excluding hydrogens is 270 g/mol. The molecule has 1 atom stereocenters. The van der Waals surface area contributed by atoms with Crippen molar-refractivity contribution in [2.24, 2.45) is 0 Å². The second kappa shape index (κ2) is 5.56. The predicted octanol–water partition coefficient (Wildman–Crippen LogP) is 0.0952. The molecule has 1 aromatic rings. The van der Waals surface area contributed by atoms with E-state index in [2.05, 4.69) is 0 Å². The van der Waals surface area contributed by atoms with Gasteiger partial charge in [0.25, 0.3) is 10.1 Å². The van der Waals surface area contributed by atoms with E-state index >= 15 is 0 Å². The van der Waals surface area contributed by atoms with E-state index < -0.39 is 21.7 Å². The van der Waals surface area contributed by atoms with E-state index in [0.717, 1.165) is 5.56 Å². The zero-order valence-corrected chi connectivity index (χ0v) is 11.2. The average molecular weight is 287 g/mol. The first-order valence-corrected chi connectivity index (χ1v) is 7.39. The molecule has 1 aliphatic heterocycles. The normalized spacial score (nSPS) is 25.4. The van der Waals surface area contributed by atoms with Crippen LogP contribution >= 0.6 is 0 Å². The Hall–Kier alpha value is -0.990. The quantitative estimate of drug-likeness (QED) is 0.764. The number of nitrogens with zero attached hydrogens (tertiary/aromatic N) is 1. The number of hydrogen-bond donors (Lipinski definition) is 2. The lowest BCUT2D eigenvalue weighted by Crippen LogP contribution is -2.58. The lowest BCUT2D eigenvalue weighted by molar-refractivity contribution is -0.0873. The van der Waals surface area contributed by atoms with Gasteiger partial charge < -0.3 is 9.84 Å². The fourth-order valence-electron chi connectivity index (χ4n) is 2.14. The van der Waals surface area contributed by atoms with Crippen molar-refractivity contribution in [1.82, 2.24) is 4.90 Å². The Labute approximate surface area is 112 Å². The van der Waals surface area contributed by atoms with Gasteiger partial charge in [-0.25, -0.2) is 0 Å². The summed E-state index contributed by atoms with van der Waals surface area (Å²) in [5.41, 5.74) is 1.03. The van der Waals surface area contributed by atoms with Gasteiger partial charge in [0.1, 0.15) is 0 Å². The second-order valence-corrected chi connectivity index (χ2v) is 6.28. The van der Waals surface area contributed by atoms with Crippen LogP contribution in [0.5, 0.6) is 0 Å². The molecule has 1 aromatic carbocycles. The lowest BCUT2D eigenvalue weighted by Gasteiger charge is -2.39. The van der Waals surface area contributed by atoms with E-state index in [9.17, 15) is 18.1 Å². The topological polar surface area (TPSA) is 87.1 Å². The molecule has 0 radical (unpaired) electrons. The summed E-state index contributed by atoms with van der Waals surface area (Å²) < 4.78 is 37.1. The summed E-state index contributed by atoms with van der Waals surface area (Å²) in [6.45, 7) is 0.412. The zero-order chi connectivity index (χ0) is 13.9. The third-order valence-electron chi connectivity index (χ3n) is 3.20. The molecule has 1 fully saturated rings. The number of benzene rings is 1. The van der Waals surface area contributed by atoms with Crippen LogP contribution in [0.15, 0.2) is 30.3 Å². The number of aliphatic hydroxyl groups excluding tert-OH is 1. The van der Waals surface area contributed by atoms with Crippen LogP contribution in [0.25, 0.3) is 0 Å². The Morgan fingerprint density at radius 2 is 2.00 bits per heavy atom. The molecule has 1 unspecified atom stereocenters. The first-order valence-electron chi connectivity index (χ1n) is 5.95. The number of ether oxygens (including phenoxy) is 1. The summed E-state index contributed by atoms with van der Waals surface area (Å²) in [6, 6.07) is 9.57. The largest absolute Gasteiger partial charge is 0.392 e. The smallest absolute Gasteiger partial charge is 0.298 e. The fraction of sp³-hybridized carbons (Fsp3) is 0.500. The van der Waals surface area contributed by atoms with E-state index in [0.29, 0.717) is 13.1 Å². The third kappa shape index (κ3) is 3.13. The maximum absolute atomic E-state index is 11.4. The SMILES string of the molecule is O=S(=O)(O)C1(CO)CN(Cc2ccccc2)CCO1. The highest BCUT2D eigenvalue weighted by molar-refractivity contribution is 7.87. The Morgan fingerprint density at radius 1 is 1.32 bits per heavy atom. The molecule has 1 heterocycles. The van der Waals surface area contributed by atoms with E-state index in [4.69, 9.17) is 4.74 Å². The van der Waals surface area contributed by atoms with Crippen LogP contribution in [0.4, 0.5) is 0 Å². The molecule has 2 rings (SSSR count). The Bertz CT molecular complexity index is 518. The van der Waals surface area contributed by atoms with Crippen LogP contribution in [0.1, 0.15) is 5.56 Å². The van der Waals surface area contributed by atoms with Crippen molar-refractivity contribution in [3.05, 3.63) is 35.9 Å². The molecule has 1 aliphatic rings. The Morgan fingerprint density at radius 3 is 2.58 bits per heavy atom. The van der Waals surface area contributed by atoms with Gasteiger partial charge in [-0.15, -0.1) is 0 Å². The minimum Gasteiger partial charge on any atom is -0.392 e. The van der Waals surface area contributed by atoms with Crippen LogP contribution in [0.3, 0.4) is 0 Å². The van der Waals surface area contributed by atoms with Gasteiger partial charge in [0, 0.05) is 19.6 Å². The van der Waals surface area contributed by atoms with Gasteiger partial charge in [0.2, 0.25) is 4.93 Å². The maximum atomic E-state index is 11.4. The van der Waals surface area contributed by atoms with Crippen molar-refractivity contribution >= 4 is 10.1 Å². The highest BCUT2D eigenvalue weighted by atomic mass is 32.2. The summed E-state index contributed by atoms with van der Waals surface area (Å²) >= 11 is 0. The van der Waals surface area contributed by atoms with Crippen molar-refractivity contribution in [1.29, 1.82) is 0 Å². The van der Waals surface area contributed by atoms with Gasteiger partial charge in [0.05, 0.1) is 13.2 Å². The summed E-state index contributed by atoms with van der Waals surface area (Å²) in [7, 11) is -4.48. The van der Waals surface area contributed by atoms with E-state index in [-0.39, 0.29) is 13.2 Å². The highest BCUT2D eigenvalue weighted by Crippen LogP contribution is 2.24. The first-order chi connectivity index (χ1) is 8.97. The molecule has 0 aromatic heterocycles. The molecule has 0 saturated carbocycles. The minimum atomic E-state index is -4.48. The van der Waals surface area contributed by atoms with Gasteiger partial charge in [0.15, 0.2) is 0 Å². The third-order valence-corrected chi connectivity index (χ3v) is 4.51. The van der Waals surface area contributed by atoms with Crippen molar-refractivity contribution in [3.8, 4) is 0 Å². The van der Waals surface area contributed by atoms with Crippen LogP contribution in [-0.4, -0.2) is 54.2 Å². The van der Waals surface area contributed by atoms with Crippen molar-refractivity contribution in [2.75, 3.05) is 26.3 Å². The fourth-order valence-corrected chi connectivity index (χ4v) is 2.88. The summed E-state index contributed by atoms with van der Waals surface area (Å²) in [5.74, 6) is 0. The van der Waals surface area contributed by atoms with E-state index in [1.807, 2.05) is 35.2 Å². The molecular formula is C12H17NO5S. The van der Waals surface area contributed by atoms with Crippen LogP contribution in [-0.2, 0) is 21.4 Å². The number of rotatable bonds is 4. The number of morpholine rings is 1. The van der Waals surface area contributed by atoms with Crippen molar-refractivity contribution in [3.63, 3.8) is 0 Å². The molecule has 0 bridgehead atoms. The standard InChI is InChI=1S/C12H17NO5S/c14-10-12(19(15,16)17)9-13(6-7-18-12)8-11-4-2-1-3-5-11/h1-5,14H,6-10H2,(H,15,16,17). The Balaban J connectivity index is 2.13. The van der Waals surface area contributed by atoms with E-state index in [1.165, 1.54) is 0 Å². The molecule has 0 aliphatic carbocycles. The van der Waals surface area contributed by atoms with Crippen LogP contribution in [0, 0.1) is 0 Å². The average Bonchev–Trinajstić information content (AvgIpc) is 2.39. The Kier molecular flexibility index (Phi) is 4.22. The summed E-state index contributed by atoms with van der Waals surface area (Å²) in [5, 5.41) is 9.27. The van der Waals surface area contributed by atoms with Crippen molar-refractivity contribution < 1.29 is 22.8 Å². The van der Waals surface area contributed by atoms with Gasteiger partial charge in [-0.05, 0) is 5.56 Å². The second-order valence-electron chi connectivity index (χ2n) is 4.59. The van der Waals surface area contributed by atoms with Gasteiger partial charge in [-0.3, -0.25) is 9.45 Å². The molecule has 7 heteroatoms. The first kappa shape index (κ1) is 14.4. The van der Waals surface area contributed by atoms with Crippen LogP contribution < -0.4 is 0 Å². The number of hydrogen-bond acceptors (Lipinski definition) is 5. The zero-order valence-electron chi connectivity index (χ0n) is 10.4. The molecule has 1 saturated heterocycles. The predicted molar refractivity (Wildman–Crippen MR) is 69.0 cm³/mol. The molecule has 0 spiro atoms. The minimum absolute atomic E-state index is 0.0583. The monoisotopic (exact) mass is 287 g/mol. The number of aliphatic hydroxyl groups is 1. The van der Waals surface area contributed by atoms with Crippen molar-refractivity contribution in [2.45, 2.75) is 11.5 Å². The molecule has 0 amide bonds. The molecule has 19 heavy (non-hydrogen) atoms. The van der Waals surface area contributed by atoms with Crippen LogP contribution in [0.2, 0.25) is 0 Å². The van der Waals surface area contributed by atoms with Gasteiger partial charge in [-0.2, -0.15) is 8.42 Å². The maximum Gasteiger partial charge on any atom is 0.298 e. The molecule has 6 nitrogen and oxygen atoms in total. The molecule has 2 N–H and O–H groups in total. The van der Waals surface area contributed by atoms with Gasteiger partial charge in [-0.1, -0.05) is 30.3 Å². The highest BCUT2D eigenvalue weighted by Gasteiger charge is 2.47. The van der Waals surface area contributed by atoms with Gasteiger partial charge >= 0.3 is 0 Å². The lowest BCUT2D eigenvalue weighted by atomic mass is 10.2. The summed E-state index contributed by atoms with van der Waals surface area (Å²) in [6.07, 6.45) is 0. The molecule has 106 valence electrons. The van der Waals surface area contributed by atoms with E-state index in [1.54, 1.807) is 0 Å².